The van der Waals surface area contributed by atoms with E-state index in [1.54, 1.807) is 14.2 Å². The maximum absolute atomic E-state index is 5.41. The van der Waals surface area contributed by atoms with Crippen LogP contribution < -0.4 is 9.47 Å². The van der Waals surface area contributed by atoms with Crippen LogP contribution in [-0.4, -0.2) is 55.6 Å². The summed E-state index contributed by atoms with van der Waals surface area (Å²) in [6, 6.07) is 6.97. The van der Waals surface area contributed by atoms with Gasteiger partial charge in [-0.3, -0.25) is 0 Å². The van der Waals surface area contributed by atoms with Crippen LogP contribution in [0.1, 0.15) is 32.6 Å². The molecule has 0 spiro atoms. The molecule has 4 nitrogen and oxygen atoms in total. The average molecular weight is 351 g/mol. The van der Waals surface area contributed by atoms with Gasteiger partial charge in [0.25, 0.3) is 0 Å². The summed E-state index contributed by atoms with van der Waals surface area (Å²) in [5.74, 6) is 2.52. The van der Waals surface area contributed by atoms with Gasteiger partial charge in [-0.25, -0.2) is 4.31 Å². The van der Waals surface area contributed by atoms with Gasteiger partial charge in [-0.1, -0.05) is 6.92 Å². The molecule has 24 heavy (non-hydrogen) atoms. The van der Waals surface area contributed by atoms with Crippen molar-refractivity contribution in [2.24, 2.45) is 5.92 Å². The Labute approximate surface area is 150 Å². The Morgan fingerprint density at radius 3 is 2.21 bits per heavy atom. The molecule has 0 radical (unpaired) electrons. The Bertz CT molecular complexity index is 524. The van der Waals surface area contributed by atoms with Crippen LogP contribution in [0.2, 0.25) is 0 Å². The summed E-state index contributed by atoms with van der Waals surface area (Å²) in [6.45, 7) is 7.31. The Morgan fingerprint density at radius 1 is 0.917 bits per heavy atom. The quantitative estimate of drug-likeness (QED) is 0.750. The molecule has 0 saturated carbocycles. The van der Waals surface area contributed by atoms with E-state index >= 15 is 0 Å². The minimum absolute atomic E-state index is 0.791. The van der Waals surface area contributed by atoms with Crippen molar-refractivity contribution < 1.29 is 9.47 Å². The number of ether oxygens (including phenoxy) is 2. The molecule has 134 valence electrons. The lowest BCUT2D eigenvalue weighted by Crippen LogP contribution is -2.46. The van der Waals surface area contributed by atoms with Crippen LogP contribution in [0.25, 0.3) is 0 Å². The number of likely N-dealkylation sites (tertiary alicyclic amines) is 1. The van der Waals surface area contributed by atoms with Crippen molar-refractivity contribution in [2.75, 3.05) is 40.4 Å². The predicted molar refractivity (Wildman–Crippen MR) is 100.0 cm³/mol. The van der Waals surface area contributed by atoms with Crippen LogP contribution in [0.15, 0.2) is 23.1 Å². The van der Waals surface area contributed by atoms with Gasteiger partial charge in [0.05, 0.1) is 14.2 Å². The molecule has 1 aromatic rings. The summed E-state index contributed by atoms with van der Waals surface area (Å²) in [4.78, 5) is 3.95. The highest BCUT2D eigenvalue weighted by Crippen LogP contribution is 2.35. The zero-order chi connectivity index (χ0) is 16.9. The molecular weight excluding hydrogens is 320 g/mol. The number of piperidine rings is 2. The Kier molecular flexibility index (Phi) is 6.31. The van der Waals surface area contributed by atoms with Gasteiger partial charge in [-0.15, -0.1) is 0 Å². The zero-order valence-corrected chi connectivity index (χ0v) is 16.0. The van der Waals surface area contributed by atoms with Gasteiger partial charge in [-0.05, 0) is 74.8 Å². The molecule has 0 unspecified atom stereocenters. The van der Waals surface area contributed by atoms with E-state index in [-0.39, 0.29) is 0 Å². The highest BCUT2D eigenvalue weighted by molar-refractivity contribution is 7.97. The number of hydrogen-bond acceptors (Lipinski definition) is 5. The van der Waals surface area contributed by atoms with Crippen LogP contribution >= 0.6 is 11.9 Å². The Morgan fingerprint density at radius 2 is 1.58 bits per heavy atom. The lowest BCUT2D eigenvalue weighted by molar-refractivity contribution is 0.103. The fraction of sp³-hybridized carbons (Fsp3) is 0.684. The molecule has 0 atom stereocenters. The van der Waals surface area contributed by atoms with E-state index in [9.17, 15) is 0 Å². The predicted octanol–water partition coefficient (Wildman–Crippen LogP) is 3.91. The molecule has 2 saturated heterocycles. The smallest absolute Gasteiger partial charge is 0.161 e. The van der Waals surface area contributed by atoms with Crippen molar-refractivity contribution in [1.82, 2.24) is 9.21 Å². The zero-order valence-electron chi connectivity index (χ0n) is 15.2. The van der Waals surface area contributed by atoms with Crippen LogP contribution in [0.3, 0.4) is 0 Å². The Hall–Kier alpha value is -0.910. The molecule has 1 aromatic carbocycles. The Balaban J connectivity index is 1.50. The summed E-state index contributed by atoms with van der Waals surface area (Å²) < 4.78 is 13.2. The van der Waals surface area contributed by atoms with E-state index in [2.05, 4.69) is 28.3 Å². The number of benzene rings is 1. The van der Waals surface area contributed by atoms with Crippen molar-refractivity contribution >= 4 is 11.9 Å². The van der Waals surface area contributed by atoms with E-state index in [4.69, 9.17) is 9.47 Å². The van der Waals surface area contributed by atoms with Gasteiger partial charge in [0.2, 0.25) is 0 Å². The molecule has 2 aliphatic heterocycles. The van der Waals surface area contributed by atoms with Crippen LogP contribution in [0, 0.1) is 5.92 Å². The van der Waals surface area contributed by atoms with Crippen molar-refractivity contribution in [3.63, 3.8) is 0 Å². The monoisotopic (exact) mass is 350 g/mol. The highest BCUT2D eigenvalue weighted by atomic mass is 32.2. The molecule has 0 N–H and O–H groups in total. The van der Waals surface area contributed by atoms with Crippen LogP contribution in [-0.2, 0) is 0 Å². The summed E-state index contributed by atoms with van der Waals surface area (Å²) in [7, 11) is 3.37. The first-order valence-electron chi connectivity index (χ1n) is 9.08. The average Bonchev–Trinajstić information content (AvgIpc) is 2.63. The first-order valence-corrected chi connectivity index (χ1v) is 9.86. The second-order valence-electron chi connectivity index (χ2n) is 6.99. The standard InChI is InChI=1S/C19H30N2O2S/c1-15-6-10-20(11-7-15)16-8-12-21(13-9-16)24-17-4-5-18(22-2)19(14-17)23-3/h4-5,14-16H,6-13H2,1-3H3. The second kappa shape index (κ2) is 8.45. The van der Waals surface area contributed by atoms with E-state index < -0.39 is 0 Å². The third-order valence-corrected chi connectivity index (χ3v) is 6.44. The molecular formula is C19H30N2O2S. The highest BCUT2D eigenvalue weighted by Gasteiger charge is 2.27. The summed E-state index contributed by atoms with van der Waals surface area (Å²) >= 11 is 1.84. The maximum Gasteiger partial charge on any atom is 0.161 e. The fourth-order valence-corrected chi connectivity index (χ4v) is 4.69. The SMILES string of the molecule is COc1ccc(SN2CCC(N3CCC(C)CC3)CC2)cc1OC. The van der Waals surface area contributed by atoms with E-state index in [1.165, 1.54) is 43.7 Å². The van der Waals surface area contributed by atoms with Crippen molar-refractivity contribution in [3.05, 3.63) is 18.2 Å². The van der Waals surface area contributed by atoms with Gasteiger partial charge in [-0.2, -0.15) is 0 Å². The first kappa shape index (κ1) is 17.9. The van der Waals surface area contributed by atoms with E-state index in [1.807, 2.05) is 18.0 Å². The molecule has 0 aromatic heterocycles. The number of hydrogen-bond donors (Lipinski definition) is 0. The van der Waals surface area contributed by atoms with E-state index in [0.29, 0.717) is 0 Å². The van der Waals surface area contributed by atoms with Crippen LogP contribution in [0.4, 0.5) is 0 Å². The number of nitrogens with zero attached hydrogens (tertiary/aromatic N) is 2. The van der Waals surface area contributed by atoms with Gasteiger partial charge in [0.15, 0.2) is 11.5 Å². The van der Waals surface area contributed by atoms with E-state index in [0.717, 1.165) is 36.5 Å². The van der Waals surface area contributed by atoms with Gasteiger partial charge >= 0.3 is 0 Å². The third kappa shape index (κ3) is 4.38. The minimum atomic E-state index is 0.791. The van der Waals surface area contributed by atoms with Crippen LogP contribution in [0.5, 0.6) is 11.5 Å². The number of rotatable bonds is 5. The molecule has 2 heterocycles. The maximum atomic E-state index is 5.41. The summed E-state index contributed by atoms with van der Waals surface area (Å²) in [6.07, 6.45) is 5.32. The van der Waals surface area contributed by atoms with Crippen molar-refractivity contribution in [3.8, 4) is 11.5 Å². The fourth-order valence-electron chi connectivity index (χ4n) is 3.71. The molecule has 0 amide bonds. The second-order valence-corrected chi connectivity index (χ2v) is 8.16. The van der Waals surface area contributed by atoms with Crippen molar-refractivity contribution in [2.45, 2.75) is 43.5 Å². The van der Waals surface area contributed by atoms with Gasteiger partial charge in [0, 0.05) is 24.0 Å². The first-order chi connectivity index (χ1) is 11.7. The lowest BCUT2D eigenvalue weighted by Gasteiger charge is -2.41. The topological polar surface area (TPSA) is 24.9 Å². The largest absolute Gasteiger partial charge is 0.493 e. The van der Waals surface area contributed by atoms with Gasteiger partial charge in [0.1, 0.15) is 0 Å². The summed E-state index contributed by atoms with van der Waals surface area (Å²) in [5.41, 5.74) is 0. The molecule has 5 heteroatoms. The molecule has 2 fully saturated rings. The molecule has 0 bridgehead atoms. The number of methoxy groups -OCH3 is 2. The third-order valence-electron chi connectivity index (χ3n) is 5.35. The molecule has 3 rings (SSSR count). The summed E-state index contributed by atoms with van der Waals surface area (Å²) in [5, 5.41) is 0. The van der Waals surface area contributed by atoms with Gasteiger partial charge < -0.3 is 14.4 Å². The minimum Gasteiger partial charge on any atom is -0.493 e. The lowest BCUT2D eigenvalue weighted by atomic mass is 9.95. The molecule has 2 aliphatic rings. The molecule has 0 aliphatic carbocycles. The normalized spacial score (nSPS) is 21.8. The van der Waals surface area contributed by atoms with Crippen molar-refractivity contribution in [1.29, 1.82) is 0 Å².